The minimum Gasteiger partial charge on any atom is -0.339 e. The van der Waals surface area contributed by atoms with Crippen molar-refractivity contribution >= 4 is 16.8 Å². The number of rotatable bonds is 5. The van der Waals surface area contributed by atoms with E-state index < -0.39 is 0 Å². The zero-order valence-corrected chi connectivity index (χ0v) is 17.6. The molecule has 1 aliphatic rings. The molecule has 2 heterocycles. The van der Waals surface area contributed by atoms with Gasteiger partial charge in [-0.3, -0.25) is 19.1 Å². The fourth-order valence-electron chi connectivity index (χ4n) is 3.89. The molecule has 0 N–H and O–H groups in total. The summed E-state index contributed by atoms with van der Waals surface area (Å²) in [5.41, 5.74) is 3.14. The molecule has 2 aromatic carbocycles. The van der Waals surface area contributed by atoms with E-state index in [-0.39, 0.29) is 18.0 Å². The third-order valence-electron chi connectivity index (χ3n) is 5.81. The van der Waals surface area contributed by atoms with E-state index in [0.29, 0.717) is 29.9 Å². The van der Waals surface area contributed by atoms with Crippen molar-refractivity contribution in [1.82, 2.24) is 19.4 Å². The molecule has 6 heteroatoms. The number of para-hydroxylation sites is 1. The monoisotopic (exact) mass is 404 g/mol. The molecule has 4 rings (SSSR count). The maximum atomic E-state index is 12.7. The number of fused-ring (bicyclic) bond motifs is 1. The lowest BCUT2D eigenvalue weighted by atomic mass is 10.0. The minimum atomic E-state index is -0.169. The Morgan fingerprint density at radius 3 is 2.40 bits per heavy atom. The van der Waals surface area contributed by atoms with Crippen LogP contribution in [0.5, 0.6) is 0 Å². The van der Waals surface area contributed by atoms with Crippen LogP contribution in [0.2, 0.25) is 0 Å². The number of carbonyl (C=O) groups excluding carboxylic acids is 1. The second-order valence-corrected chi connectivity index (χ2v) is 8.25. The van der Waals surface area contributed by atoms with Gasteiger partial charge in [-0.05, 0) is 29.2 Å². The number of piperazine rings is 1. The highest BCUT2D eigenvalue weighted by atomic mass is 16.2. The van der Waals surface area contributed by atoms with Crippen LogP contribution >= 0.6 is 0 Å². The average molecular weight is 405 g/mol. The van der Waals surface area contributed by atoms with Gasteiger partial charge in [0.25, 0.3) is 5.56 Å². The van der Waals surface area contributed by atoms with E-state index in [0.717, 1.165) is 19.6 Å². The summed E-state index contributed by atoms with van der Waals surface area (Å²) in [5, 5.41) is 0.543. The SMILES string of the molecule is CC(C)c1ccc(CN2CCN(C(=O)Cn3cnc4ccccc4c3=O)CC2)cc1. The smallest absolute Gasteiger partial charge is 0.261 e. The van der Waals surface area contributed by atoms with Crippen molar-refractivity contribution in [2.75, 3.05) is 26.2 Å². The van der Waals surface area contributed by atoms with Crippen LogP contribution in [0.3, 0.4) is 0 Å². The summed E-state index contributed by atoms with van der Waals surface area (Å²) in [7, 11) is 0. The molecule has 0 spiro atoms. The molecule has 30 heavy (non-hydrogen) atoms. The van der Waals surface area contributed by atoms with Crippen LogP contribution in [0.15, 0.2) is 59.7 Å². The van der Waals surface area contributed by atoms with E-state index in [4.69, 9.17) is 0 Å². The topological polar surface area (TPSA) is 58.4 Å². The van der Waals surface area contributed by atoms with Gasteiger partial charge in [0.05, 0.1) is 17.2 Å². The third kappa shape index (κ3) is 4.44. The molecule has 0 bridgehead atoms. The van der Waals surface area contributed by atoms with Crippen molar-refractivity contribution in [3.8, 4) is 0 Å². The highest BCUT2D eigenvalue weighted by molar-refractivity contribution is 5.79. The van der Waals surface area contributed by atoms with Crippen LogP contribution in [0.1, 0.15) is 30.9 Å². The van der Waals surface area contributed by atoms with Crippen molar-refractivity contribution in [2.45, 2.75) is 32.9 Å². The number of carbonyl (C=O) groups is 1. The van der Waals surface area contributed by atoms with Gasteiger partial charge in [0.1, 0.15) is 6.54 Å². The summed E-state index contributed by atoms with van der Waals surface area (Å²) in [5.74, 6) is 0.508. The number of amides is 1. The third-order valence-corrected chi connectivity index (χ3v) is 5.81. The maximum Gasteiger partial charge on any atom is 0.261 e. The quantitative estimate of drug-likeness (QED) is 0.656. The Bertz CT molecular complexity index is 1080. The molecule has 0 radical (unpaired) electrons. The Balaban J connectivity index is 1.33. The lowest BCUT2D eigenvalue weighted by Crippen LogP contribution is -2.49. The zero-order chi connectivity index (χ0) is 21.1. The van der Waals surface area contributed by atoms with E-state index in [9.17, 15) is 9.59 Å². The van der Waals surface area contributed by atoms with Gasteiger partial charge in [0.2, 0.25) is 5.91 Å². The Morgan fingerprint density at radius 2 is 1.70 bits per heavy atom. The lowest BCUT2D eigenvalue weighted by Gasteiger charge is -2.35. The molecular weight excluding hydrogens is 376 g/mol. The summed E-state index contributed by atoms with van der Waals surface area (Å²) >= 11 is 0. The fraction of sp³-hybridized carbons (Fsp3) is 0.375. The molecular formula is C24H28N4O2. The first-order valence-electron chi connectivity index (χ1n) is 10.5. The van der Waals surface area contributed by atoms with Crippen LogP contribution in [0, 0.1) is 0 Å². The summed E-state index contributed by atoms with van der Waals surface area (Å²) < 4.78 is 1.41. The van der Waals surface area contributed by atoms with Crippen molar-refractivity contribution in [1.29, 1.82) is 0 Å². The normalized spacial score (nSPS) is 15.1. The Morgan fingerprint density at radius 1 is 1.00 bits per heavy atom. The summed E-state index contributed by atoms with van der Waals surface area (Å²) in [4.78, 5) is 33.9. The van der Waals surface area contributed by atoms with E-state index in [1.54, 1.807) is 12.1 Å². The molecule has 1 aromatic heterocycles. The number of hydrogen-bond donors (Lipinski definition) is 0. The van der Waals surface area contributed by atoms with Gasteiger partial charge < -0.3 is 4.90 Å². The van der Waals surface area contributed by atoms with Crippen molar-refractivity contribution < 1.29 is 4.79 Å². The predicted octanol–water partition coefficient (Wildman–Crippen LogP) is 2.86. The molecule has 1 fully saturated rings. The number of hydrogen-bond acceptors (Lipinski definition) is 4. The Kier molecular flexibility index (Phi) is 5.95. The Hall–Kier alpha value is -2.99. The van der Waals surface area contributed by atoms with Gasteiger partial charge in [-0.15, -0.1) is 0 Å². The van der Waals surface area contributed by atoms with E-state index in [1.807, 2.05) is 17.0 Å². The van der Waals surface area contributed by atoms with Gasteiger partial charge in [-0.25, -0.2) is 4.98 Å². The molecule has 156 valence electrons. The van der Waals surface area contributed by atoms with Gasteiger partial charge >= 0.3 is 0 Å². The largest absolute Gasteiger partial charge is 0.339 e. The molecule has 1 aliphatic heterocycles. The second-order valence-electron chi connectivity index (χ2n) is 8.25. The second kappa shape index (κ2) is 8.79. The molecule has 3 aromatic rings. The number of aromatic nitrogens is 2. The maximum absolute atomic E-state index is 12.7. The van der Waals surface area contributed by atoms with Gasteiger partial charge in [-0.2, -0.15) is 0 Å². The first kappa shape index (κ1) is 20.3. The highest BCUT2D eigenvalue weighted by Crippen LogP contribution is 2.16. The molecule has 6 nitrogen and oxygen atoms in total. The molecule has 0 atom stereocenters. The number of nitrogens with zero attached hydrogens (tertiary/aromatic N) is 4. The summed E-state index contributed by atoms with van der Waals surface area (Å²) in [6.45, 7) is 8.37. The zero-order valence-electron chi connectivity index (χ0n) is 17.6. The molecule has 0 unspecified atom stereocenters. The van der Waals surface area contributed by atoms with Crippen LogP contribution in [0.25, 0.3) is 10.9 Å². The van der Waals surface area contributed by atoms with Gasteiger partial charge in [0.15, 0.2) is 0 Å². The standard InChI is InChI=1S/C24H28N4O2/c1-18(2)20-9-7-19(8-10-20)15-26-11-13-27(14-12-26)23(29)16-28-17-25-22-6-4-3-5-21(22)24(28)30/h3-10,17-18H,11-16H2,1-2H3. The average Bonchev–Trinajstić information content (AvgIpc) is 2.77. The van der Waals surface area contributed by atoms with Crippen molar-refractivity contribution in [3.05, 3.63) is 76.3 Å². The summed E-state index contributed by atoms with van der Waals surface area (Å²) in [6.07, 6.45) is 1.47. The fourth-order valence-corrected chi connectivity index (χ4v) is 3.89. The molecule has 1 amide bonds. The highest BCUT2D eigenvalue weighted by Gasteiger charge is 2.22. The molecule has 1 saturated heterocycles. The van der Waals surface area contributed by atoms with Crippen molar-refractivity contribution in [2.24, 2.45) is 0 Å². The first-order valence-corrected chi connectivity index (χ1v) is 10.5. The van der Waals surface area contributed by atoms with E-state index in [1.165, 1.54) is 22.0 Å². The Labute approximate surface area is 176 Å². The van der Waals surface area contributed by atoms with E-state index >= 15 is 0 Å². The summed E-state index contributed by atoms with van der Waals surface area (Å²) in [6, 6.07) is 16.0. The van der Waals surface area contributed by atoms with Gasteiger partial charge in [0, 0.05) is 32.7 Å². The van der Waals surface area contributed by atoms with Crippen LogP contribution in [-0.4, -0.2) is 51.4 Å². The first-order chi connectivity index (χ1) is 14.5. The predicted molar refractivity (Wildman–Crippen MR) is 118 cm³/mol. The van der Waals surface area contributed by atoms with E-state index in [2.05, 4.69) is 48.0 Å². The van der Waals surface area contributed by atoms with Crippen LogP contribution in [0.4, 0.5) is 0 Å². The van der Waals surface area contributed by atoms with Crippen LogP contribution in [-0.2, 0) is 17.9 Å². The minimum absolute atomic E-state index is 0.0323. The van der Waals surface area contributed by atoms with Crippen molar-refractivity contribution in [3.63, 3.8) is 0 Å². The molecule has 0 aliphatic carbocycles. The lowest BCUT2D eigenvalue weighted by molar-refractivity contribution is -0.133. The molecule has 0 saturated carbocycles. The number of benzene rings is 2. The van der Waals surface area contributed by atoms with Crippen LogP contribution < -0.4 is 5.56 Å². The van der Waals surface area contributed by atoms with Gasteiger partial charge in [-0.1, -0.05) is 50.2 Å².